The molecule has 0 saturated carbocycles. The van der Waals surface area contributed by atoms with E-state index in [9.17, 15) is 20.2 Å². The molecule has 1 N–H and O–H groups in total. The predicted octanol–water partition coefficient (Wildman–Crippen LogP) is 2.34. The van der Waals surface area contributed by atoms with Gasteiger partial charge >= 0.3 is 0 Å². The number of hydrogen-bond acceptors (Lipinski definition) is 6. The predicted molar refractivity (Wildman–Crippen MR) is 71.8 cm³/mol. The van der Waals surface area contributed by atoms with E-state index < -0.39 is 9.85 Å². The minimum Gasteiger partial charge on any atom is -0.381 e. The number of hydrogen-bond donors (Lipinski definition) is 1. The second-order valence-corrected chi connectivity index (χ2v) is 4.66. The Labute approximate surface area is 115 Å². The summed E-state index contributed by atoms with van der Waals surface area (Å²) in [4.78, 5) is 20.3. The summed E-state index contributed by atoms with van der Waals surface area (Å²) in [6.45, 7) is 2.07. The molecule has 1 aliphatic heterocycles. The van der Waals surface area contributed by atoms with E-state index >= 15 is 0 Å². The third-order valence-corrected chi connectivity index (χ3v) is 3.28. The van der Waals surface area contributed by atoms with Crippen LogP contribution in [-0.2, 0) is 4.74 Å². The van der Waals surface area contributed by atoms with Crippen LogP contribution in [0.15, 0.2) is 18.2 Å². The van der Waals surface area contributed by atoms with Crippen molar-refractivity contribution < 1.29 is 14.6 Å². The van der Waals surface area contributed by atoms with Crippen LogP contribution in [0.5, 0.6) is 0 Å². The van der Waals surface area contributed by atoms with E-state index in [0.717, 1.165) is 32.1 Å². The molecule has 1 atom stereocenters. The lowest BCUT2D eigenvalue weighted by Crippen LogP contribution is -2.10. The van der Waals surface area contributed by atoms with Crippen LogP contribution in [0.2, 0.25) is 0 Å². The highest BCUT2D eigenvalue weighted by Gasteiger charge is 2.20. The number of non-ortho nitro benzene ring substituents is 1. The number of nitrogens with zero attached hydrogens (tertiary/aromatic N) is 2. The fraction of sp³-hybridized carbons (Fsp3) is 0.500. The number of ether oxygens (including phenoxy) is 1. The second-order valence-electron chi connectivity index (χ2n) is 4.66. The number of anilines is 1. The Bertz CT molecular complexity index is 514. The maximum absolute atomic E-state index is 10.9. The van der Waals surface area contributed by atoms with Crippen molar-refractivity contribution in [2.75, 3.05) is 25.1 Å². The largest absolute Gasteiger partial charge is 0.381 e. The molecule has 1 aliphatic rings. The van der Waals surface area contributed by atoms with Gasteiger partial charge in [0, 0.05) is 25.8 Å². The van der Waals surface area contributed by atoms with Crippen molar-refractivity contribution in [1.82, 2.24) is 0 Å². The first-order chi connectivity index (χ1) is 9.58. The van der Waals surface area contributed by atoms with Gasteiger partial charge in [-0.05, 0) is 24.8 Å². The number of nitro groups is 2. The molecular formula is C12H15N3O5. The van der Waals surface area contributed by atoms with Crippen LogP contribution in [0.1, 0.15) is 12.8 Å². The van der Waals surface area contributed by atoms with Gasteiger partial charge in [-0.25, -0.2) is 0 Å². The lowest BCUT2D eigenvalue weighted by Gasteiger charge is -2.10. The zero-order valence-corrected chi connectivity index (χ0v) is 10.8. The molecule has 8 heteroatoms. The van der Waals surface area contributed by atoms with Crippen molar-refractivity contribution in [2.24, 2.45) is 5.92 Å². The third-order valence-electron chi connectivity index (χ3n) is 3.28. The number of nitrogens with one attached hydrogen (secondary N) is 1. The van der Waals surface area contributed by atoms with Crippen LogP contribution >= 0.6 is 0 Å². The summed E-state index contributed by atoms with van der Waals surface area (Å²) in [7, 11) is 0. The van der Waals surface area contributed by atoms with Crippen molar-refractivity contribution in [3.05, 3.63) is 38.4 Å². The maximum atomic E-state index is 10.9. The zero-order chi connectivity index (χ0) is 14.5. The molecule has 1 aromatic carbocycles. The van der Waals surface area contributed by atoms with Crippen LogP contribution in [0.3, 0.4) is 0 Å². The Morgan fingerprint density at radius 3 is 2.70 bits per heavy atom. The van der Waals surface area contributed by atoms with Gasteiger partial charge in [-0.2, -0.15) is 0 Å². The smallest absolute Gasteiger partial charge is 0.299 e. The average molecular weight is 281 g/mol. The molecule has 2 rings (SSSR count). The molecule has 0 aromatic heterocycles. The number of nitro benzene ring substituents is 2. The van der Waals surface area contributed by atoms with Crippen molar-refractivity contribution in [1.29, 1.82) is 0 Å². The first kappa shape index (κ1) is 14.2. The molecule has 0 aliphatic carbocycles. The zero-order valence-electron chi connectivity index (χ0n) is 10.8. The summed E-state index contributed by atoms with van der Waals surface area (Å²) in [5.41, 5.74) is -0.257. The minimum absolute atomic E-state index is 0.276. The van der Waals surface area contributed by atoms with E-state index in [0.29, 0.717) is 18.2 Å². The standard InChI is InChI=1S/C12H15N3O5/c16-14(17)10-1-2-11(12(7-10)15(18)19)13-5-3-9-4-6-20-8-9/h1-2,7,9,13H,3-6,8H2. The highest BCUT2D eigenvalue weighted by molar-refractivity contribution is 5.65. The number of benzene rings is 1. The molecule has 0 amide bonds. The molecule has 108 valence electrons. The van der Waals surface area contributed by atoms with Crippen LogP contribution in [0, 0.1) is 26.1 Å². The highest BCUT2D eigenvalue weighted by Crippen LogP contribution is 2.29. The maximum Gasteiger partial charge on any atom is 0.299 e. The molecule has 0 spiro atoms. The first-order valence-electron chi connectivity index (χ1n) is 6.32. The van der Waals surface area contributed by atoms with E-state index in [1.807, 2.05) is 0 Å². The van der Waals surface area contributed by atoms with E-state index in [1.165, 1.54) is 12.1 Å². The van der Waals surface area contributed by atoms with Gasteiger partial charge in [0.1, 0.15) is 5.69 Å². The fourth-order valence-corrected chi connectivity index (χ4v) is 2.16. The van der Waals surface area contributed by atoms with Crippen LogP contribution in [0.4, 0.5) is 17.1 Å². The molecule has 1 unspecified atom stereocenters. The third kappa shape index (κ3) is 3.41. The van der Waals surface area contributed by atoms with Crippen LogP contribution < -0.4 is 5.32 Å². The average Bonchev–Trinajstić information content (AvgIpc) is 2.91. The fourth-order valence-electron chi connectivity index (χ4n) is 2.16. The van der Waals surface area contributed by atoms with Gasteiger partial charge in [0.05, 0.1) is 15.9 Å². The van der Waals surface area contributed by atoms with Gasteiger partial charge in [0.15, 0.2) is 0 Å². The van der Waals surface area contributed by atoms with Gasteiger partial charge in [-0.1, -0.05) is 0 Å². The molecule has 1 saturated heterocycles. The molecule has 1 aromatic rings. The van der Waals surface area contributed by atoms with E-state index in [4.69, 9.17) is 4.74 Å². The second kappa shape index (κ2) is 6.29. The molecular weight excluding hydrogens is 266 g/mol. The lowest BCUT2D eigenvalue weighted by atomic mass is 10.1. The van der Waals surface area contributed by atoms with Gasteiger partial charge in [0.2, 0.25) is 0 Å². The SMILES string of the molecule is O=[N+]([O-])c1ccc(NCCC2CCOC2)c([N+](=O)[O-])c1. The van der Waals surface area contributed by atoms with Crippen LogP contribution in [0.25, 0.3) is 0 Å². The quantitative estimate of drug-likeness (QED) is 0.633. The van der Waals surface area contributed by atoms with Crippen LogP contribution in [-0.4, -0.2) is 29.6 Å². The Morgan fingerprint density at radius 1 is 1.30 bits per heavy atom. The van der Waals surface area contributed by atoms with E-state index in [1.54, 1.807) is 0 Å². The Kier molecular flexibility index (Phi) is 4.46. The minimum atomic E-state index is -0.646. The van der Waals surface area contributed by atoms with Crippen molar-refractivity contribution in [2.45, 2.75) is 12.8 Å². The molecule has 20 heavy (non-hydrogen) atoms. The summed E-state index contributed by atoms with van der Waals surface area (Å²) in [5.74, 6) is 0.472. The van der Waals surface area contributed by atoms with E-state index in [2.05, 4.69) is 5.32 Å². The summed E-state index contributed by atoms with van der Waals surface area (Å²) < 4.78 is 5.25. The summed E-state index contributed by atoms with van der Waals surface area (Å²) >= 11 is 0. The lowest BCUT2D eigenvalue weighted by molar-refractivity contribution is -0.393. The van der Waals surface area contributed by atoms with Gasteiger partial charge in [-0.15, -0.1) is 0 Å². The van der Waals surface area contributed by atoms with E-state index in [-0.39, 0.29) is 11.4 Å². The van der Waals surface area contributed by atoms with Crippen molar-refractivity contribution in [3.63, 3.8) is 0 Å². The summed E-state index contributed by atoms with van der Waals surface area (Å²) in [5, 5.41) is 24.5. The molecule has 1 heterocycles. The normalized spacial score (nSPS) is 17.9. The number of rotatable bonds is 6. The summed E-state index contributed by atoms with van der Waals surface area (Å²) in [6.07, 6.45) is 1.86. The monoisotopic (exact) mass is 281 g/mol. The van der Waals surface area contributed by atoms with Gasteiger partial charge in [0.25, 0.3) is 11.4 Å². The van der Waals surface area contributed by atoms with Crippen molar-refractivity contribution >= 4 is 17.1 Å². The Hall–Kier alpha value is -2.22. The Morgan fingerprint density at radius 2 is 2.10 bits per heavy atom. The molecule has 8 nitrogen and oxygen atoms in total. The summed E-state index contributed by atoms with van der Waals surface area (Å²) in [6, 6.07) is 3.61. The van der Waals surface area contributed by atoms with Gasteiger partial charge < -0.3 is 10.1 Å². The molecule has 0 bridgehead atoms. The molecule has 1 fully saturated rings. The first-order valence-corrected chi connectivity index (χ1v) is 6.32. The van der Waals surface area contributed by atoms with Gasteiger partial charge in [-0.3, -0.25) is 20.2 Å². The van der Waals surface area contributed by atoms with Crippen molar-refractivity contribution in [3.8, 4) is 0 Å². The Balaban J connectivity index is 2.02. The molecule has 0 radical (unpaired) electrons. The topological polar surface area (TPSA) is 108 Å². The highest BCUT2D eigenvalue weighted by atomic mass is 16.6.